The van der Waals surface area contributed by atoms with Gasteiger partial charge in [-0.25, -0.2) is 32.2 Å². The molecule has 0 unspecified atom stereocenters. The van der Waals surface area contributed by atoms with Crippen LogP contribution in [0.25, 0.3) is 28.3 Å². The number of hydrogen-bond donors (Lipinski definition) is 2. The first-order valence-electron chi connectivity index (χ1n) is 16.3. The highest BCUT2D eigenvalue weighted by Gasteiger charge is 2.25. The van der Waals surface area contributed by atoms with Gasteiger partial charge in [-0.3, -0.25) is 9.20 Å². The molecule has 0 atom stereocenters. The van der Waals surface area contributed by atoms with Crippen molar-refractivity contribution in [3.8, 4) is 28.4 Å². The van der Waals surface area contributed by atoms with E-state index in [1.54, 1.807) is 43.6 Å². The number of aromatic nitrogens is 4. The zero-order valence-electron chi connectivity index (χ0n) is 28.5. The van der Waals surface area contributed by atoms with Crippen LogP contribution in [-0.4, -0.2) is 77.5 Å². The van der Waals surface area contributed by atoms with E-state index < -0.39 is 33.3 Å². The Morgan fingerprint density at radius 2 is 1.65 bits per heavy atom. The lowest BCUT2D eigenvalue weighted by molar-refractivity contribution is 0.102. The molecule has 2 N–H and O–H groups in total. The number of anilines is 4. The molecule has 52 heavy (non-hydrogen) atoms. The van der Waals surface area contributed by atoms with Gasteiger partial charge in [0.2, 0.25) is 16.0 Å². The van der Waals surface area contributed by atoms with Crippen molar-refractivity contribution < 1.29 is 26.7 Å². The number of para-hydroxylation sites is 1. The Bertz CT molecular complexity index is 2410. The number of imidazole rings is 1. The second-order valence-electron chi connectivity index (χ2n) is 12.2. The second-order valence-corrected chi connectivity index (χ2v) is 14.2. The normalized spacial score (nSPS) is 13.7. The molecule has 3 aromatic carbocycles. The number of benzene rings is 3. The molecule has 6 aromatic rings. The maximum absolute atomic E-state index is 14.3. The summed E-state index contributed by atoms with van der Waals surface area (Å²) in [5.41, 5.74) is 5.09. The Morgan fingerprint density at radius 3 is 2.38 bits per heavy atom. The molecule has 0 saturated carbocycles. The molecule has 0 bridgehead atoms. The number of sulfonamides is 1. The Morgan fingerprint density at radius 1 is 0.904 bits per heavy atom. The van der Waals surface area contributed by atoms with E-state index in [0.29, 0.717) is 71.9 Å². The summed E-state index contributed by atoms with van der Waals surface area (Å²) < 4.78 is 61.7. The number of fused-ring (bicyclic) bond motifs is 1. The van der Waals surface area contributed by atoms with E-state index in [1.165, 1.54) is 16.6 Å². The van der Waals surface area contributed by atoms with Crippen molar-refractivity contribution in [2.75, 3.05) is 55.1 Å². The van der Waals surface area contributed by atoms with Crippen molar-refractivity contribution in [3.63, 3.8) is 0 Å². The summed E-state index contributed by atoms with van der Waals surface area (Å²) in [5.74, 6) is -1.60. The number of aryl methyl sites for hydroxylation is 1. The summed E-state index contributed by atoms with van der Waals surface area (Å²) in [4.78, 5) is 29.5. The van der Waals surface area contributed by atoms with Crippen molar-refractivity contribution in [1.82, 2.24) is 23.7 Å². The minimum Gasteiger partial charge on any atom is -0.494 e. The molecule has 3 aromatic heterocycles. The van der Waals surface area contributed by atoms with Crippen LogP contribution in [0.3, 0.4) is 0 Å². The number of ether oxygens (including phenoxy) is 1. The van der Waals surface area contributed by atoms with E-state index in [9.17, 15) is 22.0 Å². The smallest absolute Gasteiger partial charge is 0.255 e. The van der Waals surface area contributed by atoms with Gasteiger partial charge in [-0.15, -0.1) is 0 Å². The molecule has 1 amide bonds. The van der Waals surface area contributed by atoms with Gasteiger partial charge in [0.1, 0.15) is 28.7 Å². The summed E-state index contributed by atoms with van der Waals surface area (Å²) in [5, 5.41) is 5.63. The molecule has 12 nitrogen and oxygen atoms in total. The molecule has 1 fully saturated rings. The third-order valence-electron chi connectivity index (χ3n) is 8.84. The minimum absolute atomic E-state index is 0.177. The molecule has 0 radical (unpaired) electrons. The molecule has 1 aliphatic rings. The molecule has 266 valence electrons. The number of rotatable bonds is 9. The molecular weight excluding hydrogens is 691 g/mol. The van der Waals surface area contributed by atoms with Crippen LogP contribution in [0.15, 0.2) is 91.3 Å². The number of hydrogen-bond acceptors (Lipinski definition) is 9. The van der Waals surface area contributed by atoms with Crippen LogP contribution in [0, 0.1) is 18.6 Å². The predicted octanol–water partition coefficient (Wildman–Crippen LogP) is 6.13. The SMILES string of the molecule is COc1cc(N2CCN(S(C)(=O)=O)CC2)c(C)cc1Nc1nccc(-c2c(-c3cccc(C(=O)Nc4c(F)cccc4F)c3)nc3ccccn23)n1. The summed E-state index contributed by atoms with van der Waals surface area (Å²) in [6, 6.07) is 21.2. The number of amides is 1. The van der Waals surface area contributed by atoms with E-state index in [2.05, 4.69) is 20.5 Å². The Kier molecular flexibility index (Phi) is 9.29. The van der Waals surface area contributed by atoms with E-state index >= 15 is 0 Å². The van der Waals surface area contributed by atoms with Gasteiger partial charge in [-0.05, 0) is 61.0 Å². The molecule has 4 heterocycles. The molecule has 0 spiro atoms. The monoisotopic (exact) mass is 724 g/mol. The van der Waals surface area contributed by atoms with Gasteiger partial charge in [0.05, 0.1) is 36.1 Å². The van der Waals surface area contributed by atoms with Gasteiger partial charge < -0.3 is 20.3 Å². The Labute approximate surface area is 298 Å². The van der Waals surface area contributed by atoms with Gasteiger partial charge in [0.15, 0.2) is 0 Å². The average Bonchev–Trinajstić information content (AvgIpc) is 3.53. The average molecular weight is 725 g/mol. The van der Waals surface area contributed by atoms with Crippen LogP contribution < -0.4 is 20.3 Å². The summed E-state index contributed by atoms with van der Waals surface area (Å²) in [6.07, 6.45) is 4.71. The molecule has 1 aliphatic heterocycles. The van der Waals surface area contributed by atoms with Crippen LogP contribution in [0.2, 0.25) is 0 Å². The summed E-state index contributed by atoms with van der Waals surface area (Å²) >= 11 is 0. The van der Waals surface area contributed by atoms with Gasteiger partial charge in [-0.1, -0.05) is 24.3 Å². The van der Waals surface area contributed by atoms with Gasteiger partial charge in [0, 0.05) is 61.5 Å². The maximum Gasteiger partial charge on any atom is 0.255 e. The van der Waals surface area contributed by atoms with E-state index in [1.807, 2.05) is 47.9 Å². The number of carbonyl (C=O) groups excluding carboxylic acids is 1. The number of halogens is 2. The van der Waals surface area contributed by atoms with E-state index in [0.717, 1.165) is 23.4 Å². The summed E-state index contributed by atoms with van der Waals surface area (Å²) in [7, 11) is -1.68. The van der Waals surface area contributed by atoms with Crippen LogP contribution in [0.4, 0.5) is 31.8 Å². The van der Waals surface area contributed by atoms with E-state index in [-0.39, 0.29) is 5.56 Å². The fourth-order valence-electron chi connectivity index (χ4n) is 6.27. The lowest BCUT2D eigenvalue weighted by Gasteiger charge is -2.35. The quantitative estimate of drug-likeness (QED) is 0.181. The first kappa shape index (κ1) is 34.5. The van der Waals surface area contributed by atoms with Crippen LogP contribution >= 0.6 is 0 Å². The van der Waals surface area contributed by atoms with E-state index in [4.69, 9.17) is 14.7 Å². The number of nitrogens with zero attached hydrogens (tertiary/aromatic N) is 6. The first-order valence-corrected chi connectivity index (χ1v) is 18.2. The van der Waals surface area contributed by atoms with Crippen LogP contribution in [0.1, 0.15) is 15.9 Å². The van der Waals surface area contributed by atoms with Crippen molar-refractivity contribution in [3.05, 3.63) is 114 Å². The summed E-state index contributed by atoms with van der Waals surface area (Å²) in [6.45, 7) is 3.88. The van der Waals surface area contributed by atoms with Crippen molar-refractivity contribution >= 4 is 44.6 Å². The van der Waals surface area contributed by atoms with Crippen molar-refractivity contribution in [2.45, 2.75) is 6.92 Å². The highest BCUT2D eigenvalue weighted by atomic mass is 32.2. The second kappa shape index (κ2) is 14.0. The third-order valence-corrected chi connectivity index (χ3v) is 10.1. The van der Waals surface area contributed by atoms with Crippen LogP contribution in [0.5, 0.6) is 5.75 Å². The maximum atomic E-state index is 14.3. The topological polar surface area (TPSA) is 134 Å². The number of piperazine rings is 1. The standard InChI is InChI=1S/C37H34F2N8O4S/c1-23-20-29(31(51-2)22-30(23)45-16-18-46(19-17-45)52(3,49)50)42-37-40-14-13-28(41-37)35-33(43-32-12-4-5-15-47(32)35)24-8-6-9-25(21-24)36(48)44-34-26(38)10-7-11-27(34)39/h4-15,20-22H,16-19H2,1-3H3,(H,44,48)(H,40,41,42). The Hall–Kier alpha value is -5.93. The third kappa shape index (κ3) is 6.87. The first-order chi connectivity index (χ1) is 25.0. The van der Waals surface area contributed by atoms with Crippen LogP contribution in [-0.2, 0) is 10.0 Å². The van der Waals surface area contributed by atoms with Gasteiger partial charge in [0.25, 0.3) is 5.91 Å². The van der Waals surface area contributed by atoms with Crippen molar-refractivity contribution in [1.29, 1.82) is 0 Å². The minimum atomic E-state index is -3.25. The lowest BCUT2D eigenvalue weighted by atomic mass is 10.0. The van der Waals surface area contributed by atoms with Gasteiger partial charge >= 0.3 is 0 Å². The molecular formula is C37H34F2N8O4S. The number of pyridine rings is 1. The zero-order chi connectivity index (χ0) is 36.6. The molecule has 0 aliphatic carbocycles. The largest absolute Gasteiger partial charge is 0.494 e. The zero-order valence-corrected chi connectivity index (χ0v) is 29.3. The number of methoxy groups -OCH3 is 1. The van der Waals surface area contributed by atoms with Crippen molar-refractivity contribution in [2.24, 2.45) is 0 Å². The Balaban J connectivity index is 1.20. The number of nitrogens with one attached hydrogen (secondary N) is 2. The lowest BCUT2D eigenvalue weighted by Crippen LogP contribution is -2.48. The highest BCUT2D eigenvalue weighted by Crippen LogP contribution is 2.37. The molecule has 15 heteroatoms. The predicted molar refractivity (Wildman–Crippen MR) is 196 cm³/mol. The fourth-order valence-corrected chi connectivity index (χ4v) is 7.10. The van der Waals surface area contributed by atoms with Gasteiger partial charge in [-0.2, -0.15) is 4.31 Å². The number of carbonyl (C=O) groups is 1. The molecule has 7 rings (SSSR count). The fraction of sp³-hybridized carbons (Fsp3) is 0.189. The molecule has 1 saturated heterocycles. The highest BCUT2D eigenvalue weighted by molar-refractivity contribution is 7.88.